The van der Waals surface area contributed by atoms with E-state index in [1.807, 2.05) is 13.0 Å². The number of likely N-dealkylation sites (N-methyl/N-ethyl adjacent to an activating group) is 1. The topological polar surface area (TPSA) is 131 Å². The van der Waals surface area contributed by atoms with Crippen molar-refractivity contribution in [1.82, 2.24) is 19.9 Å². The van der Waals surface area contributed by atoms with E-state index in [1.165, 1.54) is 22.3 Å². The number of likely N-dealkylation sites (tertiary alicyclic amines) is 1. The number of hydrogen-bond acceptors (Lipinski definition) is 8. The molecule has 10 heteroatoms. The van der Waals surface area contributed by atoms with Crippen molar-refractivity contribution >= 4 is 12.9 Å². The molecule has 4 rings (SSSR count). The highest BCUT2D eigenvalue weighted by atomic mass is 16.5. The Balaban J connectivity index is 0.000000693. The van der Waals surface area contributed by atoms with Gasteiger partial charge in [-0.05, 0) is 44.5 Å². The lowest BCUT2D eigenvalue weighted by Gasteiger charge is -2.33. The van der Waals surface area contributed by atoms with Crippen molar-refractivity contribution in [2.45, 2.75) is 46.4 Å². The number of aliphatic hydroxyl groups is 1. The smallest absolute Gasteiger partial charge is 0.290 e. The second-order valence-corrected chi connectivity index (χ2v) is 9.66. The molecular weight excluding hydrogens is 464 g/mol. The summed E-state index contributed by atoms with van der Waals surface area (Å²) in [5.41, 5.74) is 6.47. The van der Waals surface area contributed by atoms with Crippen LogP contribution in [0.4, 0.5) is 0 Å². The van der Waals surface area contributed by atoms with E-state index in [-0.39, 0.29) is 25.0 Å². The Kier molecular flexibility index (Phi) is 12.0. The number of aryl methyl sites for hydroxylation is 2. The van der Waals surface area contributed by atoms with Crippen molar-refractivity contribution < 1.29 is 29.4 Å². The molecule has 1 aromatic carbocycles. The Morgan fingerprint density at radius 1 is 0.944 bits per heavy atom. The van der Waals surface area contributed by atoms with E-state index in [4.69, 9.17) is 24.3 Å². The van der Waals surface area contributed by atoms with E-state index >= 15 is 0 Å². The predicted molar refractivity (Wildman–Crippen MR) is 136 cm³/mol. The number of rotatable bonds is 6. The lowest BCUT2D eigenvalue weighted by atomic mass is 9.98. The van der Waals surface area contributed by atoms with Crippen molar-refractivity contribution in [2.75, 3.05) is 46.3 Å². The normalized spacial score (nSPS) is 20.7. The maximum absolute atomic E-state index is 10.6. The Morgan fingerprint density at radius 2 is 1.50 bits per heavy atom. The molecule has 2 aliphatic rings. The summed E-state index contributed by atoms with van der Waals surface area (Å²) in [7, 11) is 2.20. The molecule has 0 aliphatic carbocycles. The zero-order valence-electron chi connectivity index (χ0n) is 21.8. The summed E-state index contributed by atoms with van der Waals surface area (Å²) in [5, 5.41) is 28.4. The van der Waals surface area contributed by atoms with Crippen molar-refractivity contribution in [3.63, 3.8) is 0 Å². The van der Waals surface area contributed by atoms with Crippen LogP contribution < -0.4 is 0 Å². The molecule has 1 aromatic heterocycles. The third-order valence-corrected chi connectivity index (χ3v) is 6.77. The highest BCUT2D eigenvalue weighted by Gasteiger charge is 2.32. The number of β-amino-alcohol motifs (C(OH)–C–C–N with tert-alkyl or cyclic N) is 1. The van der Waals surface area contributed by atoms with Crippen LogP contribution in [0.25, 0.3) is 0 Å². The molecule has 0 unspecified atom stereocenters. The van der Waals surface area contributed by atoms with Crippen LogP contribution in [-0.4, -0.2) is 101 Å². The fourth-order valence-corrected chi connectivity index (χ4v) is 4.87. The molecular formula is C26H40N4O6. The van der Waals surface area contributed by atoms with E-state index in [2.05, 4.69) is 52.9 Å². The summed E-state index contributed by atoms with van der Waals surface area (Å²) in [5.74, 6) is 1.08. The number of piperazine rings is 1. The van der Waals surface area contributed by atoms with Gasteiger partial charge >= 0.3 is 0 Å². The standard InChI is InChI=1S/C24H36N4O2.2CH2O2/c1-17-9-20(13-27-7-5-26(4)6-8-27)19(3)21(10-17)14-28-15-22(24(29)16-28)12-23-11-18(2)25-30-23;2*2-1-3/h9-11,22,24,29H,5-8,12-16H2,1-4H3;2*1H,(H,2,3)/t22-,24+;;/m1../s1. The number of hydrogen-bond donors (Lipinski definition) is 3. The second-order valence-electron chi connectivity index (χ2n) is 9.66. The molecule has 2 aliphatic heterocycles. The molecule has 0 bridgehead atoms. The van der Waals surface area contributed by atoms with Crippen LogP contribution in [-0.2, 0) is 29.1 Å². The molecule has 10 nitrogen and oxygen atoms in total. The van der Waals surface area contributed by atoms with Crippen molar-refractivity contribution in [3.8, 4) is 0 Å². The molecule has 2 atom stereocenters. The summed E-state index contributed by atoms with van der Waals surface area (Å²) in [4.78, 5) is 24.1. The maximum atomic E-state index is 10.6. The Bertz CT molecular complexity index is 952. The first-order valence-corrected chi connectivity index (χ1v) is 12.2. The summed E-state index contributed by atoms with van der Waals surface area (Å²) < 4.78 is 5.37. The van der Waals surface area contributed by atoms with Gasteiger partial charge in [-0.2, -0.15) is 0 Å². The molecule has 36 heavy (non-hydrogen) atoms. The molecule has 3 heterocycles. The lowest BCUT2D eigenvalue weighted by molar-refractivity contribution is -0.123. The number of carboxylic acid groups (broad SMARTS) is 2. The zero-order chi connectivity index (χ0) is 26.7. The number of carbonyl (C=O) groups is 2. The Hall–Kier alpha value is -2.79. The zero-order valence-corrected chi connectivity index (χ0v) is 21.8. The summed E-state index contributed by atoms with van der Waals surface area (Å²) in [6.07, 6.45) is 0.435. The van der Waals surface area contributed by atoms with E-state index in [9.17, 15) is 5.11 Å². The first kappa shape index (κ1) is 29.4. The van der Waals surface area contributed by atoms with Gasteiger partial charge in [0.25, 0.3) is 12.9 Å². The van der Waals surface area contributed by atoms with Gasteiger partial charge in [0.15, 0.2) is 0 Å². The number of benzene rings is 1. The quantitative estimate of drug-likeness (QED) is 0.501. The molecule has 0 saturated carbocycles. The molecule has 3 N–H and O–H groups in total. The van der Waals surface area contributed by atoms with Crippen LogP contribution in [0.5, 0.6) is 0 Å². The fourth-order valence-electron chi connectivity index (χ4n) is 4.87. The lowest BCUT2D eigenvalue weighted by Crippen LogP contribution is -2.44. The van der Waals surface area contributed by atoms with Gasteiger partial charge in [0.05, 0.1) is 11.8 Å². The van der Waals surface area contributed by atoms with Crippen molar-refractivity contribution in [3.05, 3.63) is 51.9 Å². The average molecular weight is 505 g/mol. The summed E-state index contributed by atoms with van der Waals surface area (Å²) in [6.45, 7) is 14.0. The van der Waals surface area contributed by atoms with E-state index in [0.717, 1.165) is 70.2 Å². The minimum Gasteiger partial charge on any atom is -0.483 e. The number of nitrogens with zero attached hydrogens (tertiary/aromatic N) is 4. The van der Waals surface area contributed by atoms with Crippen molar-refractivity contribution in [1.29, 1.82) is 0 Å². The predicted octanol–water partition coefficient (Wildman–Crippen LogP) is 1.78. The van der Waals surface area contributed by atoms with Crippen LogP contribution in [0, 0.1) is 26.7 Å². The van der Waals surface area contributed by atoms with Crippen LogP contribution in [0.1, 0.15) is 33.7 Å². The first-order chi connectivity index (χ1) is 17.2. The molecule has 0 amide bonds. The second kappa shape index (κ2) is 14.7. The molecule has 2 saturated heterocycles. The Labute approximate surface area is 213 Å². The van der Waals surface area contributed by atoms with Gasteiger partial charge in [-0.15, -0.1) is 0 Å². The van der Waals surface area contributed by atoms with E-state index < -0.39 is 0 Å². The van der Waals surface area contributed by atoms with E-state index in [0.29, 0.717) is 0 Å². The monoisotopic (exact) mass is 504 g/mol. The average Bonchev–Trinajstić information content (AvgIpc) is 3.38. The highest BCUT2D eigenvalue weighted by Crippen LogP contribution is 2.26. The molecule has 2 fully saturated rings. The third-order valence-electron chi connectivity index (χ3n) is 6.77. The van der Waals surface area contributed by atoms with Gasteiger partial charge in [-0.1, -0.05) is 22.9 Å². The molecule has 200 valence electrons. The third kappa shape index (κ3) is 9.02. The Morgan fingerprint density at radius 3 is 2.03 bits per heavy atom. The van der Waals surface area contributed by atoms with Gasteiger partial charge in [0, 0.05) is 70.8 Å². The van der Waals surface area contributed by atoms with Crippen LogP contribution in [0.3, 0.4) is 0 Å². The van der Waals surface area contributed by atoms with Gasteiger partial charge in [0.2, 0.25) is 0 Å². The minimum absolute atomic E-state index is 0.201. The van der Waals surface area contributed by atoms with Crippen LogP contribution >= 0.6 is 0 Å². The van der Waals surface area contributed by atoms with Crippen LogP contribution in [0.2, 0.25) is 0 Å². The molecule has 0 radical (unpaired) electrons. The van der Waals surface area contributed by atoms with Gasteiger partial charge < -0.3 is 24.7 Å². The van der Waals surface area contributed by atoms with Crippen molar-refractivity contribution in [2.24, 2.45) is 5.92 Å². The summed E-state index contributed by atoms with van der Waals surface area (Å²) >= 11 is 0. The maximum Gasteiger partial charge on any atom is 0.290 e. The highest BCUT2D eigenvalue weighted by molar-refractivity contribution is 5.38. The number of aliphatic hydroxyl groups excluding tert-OH is 1. The largest absolute Gasteiger partial charge is 0.483 e. The minimum atomic E-state index is -0.315. The van der Waals surface area contributed by atoms with Crippen LogP contribution in [0.15, 0.2) is 22.7 Å². The summed E-state index contributed by atoms with van der Waals surface area (Å²) in [6, 6.07) is 6.65. The fraction of sp³-hybridized carbons (Fsp3) is 0.577. The first-order valence-electron chi connectivity index (χ1n) is 12.2. The van der Waals surface area contributed by atoms with Gasteiger partial charge in [-0.3, -0.25) is 19.4 Å². The SMILES string of the molecule is Cc1cc(CN2CCN(C)CC2)c(C)c(CN2C[C@@H](Cc3cc(C)no3)[C@@H](O)C2)c1.O=CO.O=CO. The molecule has 0 spiro atoms. The molecule has 2 aromatic rings. The van der Waals surface area contributed by atoms with Gasteiger partial charge in [-0.25, -0.2) is 0 Å². The number of aromatic nitrogens is 1. The van der Waals surface area contributed by atoms with Gasteiger partial charge in [0.1, 0.15) is 5.76 Å². The van der Waals surface area contributed by atoms with E-state index in [1.54, 1.807) is 0 Å².